The lowest BCUT2D eigenvalue weighted by Gasteiger charge is -2.14. The first-order valence-electron chi connectivity index (χ1n) is 12.5. The minimum Gasteiger partial charge on any atom is -0.493 e. The lowest BCUT2D eigenvalue weighted by Crippen LogP contribution is -2.17. The molecule has 5 rings (SSSR count). The van der Waals surface area contributed by atoms with Crippen LogP contribution in [0.1, 0.15) is 21.5 Å². The number of halogens is 2. The van der Waals surface area contributed by atoms with Crippen LogP contribution in [0.3, 0.4) is 0 Å². The van der Waals surface area contributed by atoms with E-state index in [0.717, 1.165) is 36.8 Å². The van der Waals surface area contributed by atoms with Crippen LogP contribution in [0, 0.1) is 3.57 Å². The van der Waals surface area contributed by atoms with Crippen molar-refractivity contribution < 1.29 is 14.3 Å². The zero-order chi connectivity index (χ0) is 28.6. The molecule has 206 valence electrons. The Balaban J connectivity index is 1.19. The third kappa shape index (κ3) is 7.43. The molecule has 0 saturated carbocycles. The van der Waals surface area contributed by atoms with E-state index >= 15 is 0 Å². The van der Waals surface area contributed by atoms with E-state index < -0.39 is 0 Å². The number of anilines is 2. The Kier molecular flexibility index (Phi) is 9.50. The molecular formula is C31H24ClIN4O3S. The molecule has 0 atom stereocenters. The Labute approximate surface area is 260 Å². The predicted octanol–water partition coefficient (Wildman–Crippen LogP) is 8.16. The third-order valence-corrected chi connectivity index (χ3v) is 7.86. The zero-order valence-corrected chi connectivity index (χ0v) is 25.5. The molecule has 0 radical (unpaired) electrons. The maximum absolute atomic E-state index is 12.7. The van der Waals surface area contributed by atoms with Gasteiger partial charge in [-0.3, -0.25) is 4.79 Å². The first-order chi connectivity index (χ1) is 20.0. The van der Waals surface area contributed by atoms with Crippen LogP contribution in [0.5, 0.6) is 11.5 Å². The van der Waals surface area contributed by atoms with Crippen molar-refractivity contribution in [1.29, 1.82) is 0 Å². The summed E-state index contributed by atoms with van der Waals surface area (Å²) in [5.74, 6) is 0.840. The number of benzene rings is 4. The number of thiazole rings is 1. The molecule has 1 heterocycles. The van der Waals surface area contributed by atoms with Crippen LogP contribution in [0.4, 0.5) is 10.8 Å². The van der Waals surface area contributed by atoms with E-state index in [-0.39, 0.29) is 5.91 Å². The van der Waals surface area contributed by atoms with Gasteiger partial charge in [0.1, 0.15) is 6.61 Å². The summed E-state index contributed by atoms with van der Waals surface area (Å²) in [6.45, 7) is 0.308. The Morgan fingerprint density at radius 2 is 1.80 bits per heavy atom. The quantitative estimate of drug-likeness (QED) is 0.0876. The van der Waals surface area contributed by atoms with Gasteiger partial charge in [-0.1, -0.05) is 60.1 Å². The zero-order valence-electron chi connectivity index (χ0n) is 21.8. The van der Waals surface area contributed by atoms with Crippen molar-refractivity contribution in [3.05, 3.63) is 122 Å². The second-order valence-electron chi connectivity index (χ2n) is 8.72. The van der Waals surface area contributed by atoms with Crippen molar-refractivity contribution in [3.63, 3.8) is 0 Å². The molecule has 2 N–H and O–H groups in total. The smallest absolute Gasteiger partial charge is 0.271 e. The molecular weight excluding hydrogens is 671 g/mol. The summed E-state index contributed by atoms with van der Waals surface area (Å²) in [4.78, 5) is 17.3. The van der Waals surface area contributed by atoms with Crippen molar-refractivity contribution in [2.75, 3.05) is 12.4 Å². The molecule has 7 nitrogen and oxygen atoms in total. The van der Waals surface area contributed by atoms with Crippen LogP contribution in [0.15, 0.2) is 101 Å². The number of aromatic nitrogens is 1. The summed E-state index contributed by atoms with van der Waals surface area (Å²) >= 11 is 9.95. The highest BCUT2D eigenvalue weighted by molar-refractivity contribution is 14.1. The van der Waals surface area contributed by atoms with Crippen LogP contribution < -0.4 is 20.2 Å². The molecule has 0 spiro atoms. The van der Waals surface area contributed by atoms with Gasteiger partial charge < -0.3 is 14.8 Å². The summed E-state index contributed by atoms with van der Waals surface area (Å²) in [7, 11) is 1.58. The Bertz CT molecular complexity index is 1680. The number of hydrazone groups is 1. The number of carbonyl (C=O) groups is 1. The van der Waals surface area contributed by atoms with E-state index in [1.54, 1.807) is 31.5 Å². The second-order valence-corrected chi connectivity index (χ2v) is 11.1. The molecule has 4 aromatic carbocycles. The van der Waals surface area contributed by atoms with E-state index in [4.69, 9.17) is 21.1 Å². The Morgan fingerprint density at radius 1 is 1.05 bits per heavy atom. The molecule has 10 heteroatoms. The highest BCUT2D eigenvalue weighted by Crippen LogP contribution is 2.34. The predicted molar refractivity (Wildman–Crippen MR) is 174 cm³/mol. The van der Waals surface area contributed by atoms with Crippen molar-refractivity contribution in [2.24, 2.45) is 5.10 Å². The summed E-state index contributed by atoms with van der Waals surface area (Å²) < 4.78 is 12.4. The first-order valence-corrected chi connectivity index (χ1v) is 14.8. The number of carbonyl (C=O) groups excluding carboxylic acids is 1. The molecule has 0 bridgehead atoms. The molecule has 1 amide bonds. The molecule has 0 fully saturated rings. The monoisotopic (exact) mass is 694 g/mol. The van der Waals surface area contributed by atoms with Crippen molar-refractivity contribution in [1.82, 2.24) is 10.4 Å². The molecule has 0 aliphatic heterocycles. The second kappa shape index (κ2) is 13.6. The number of nitrogens with zero attached hydrogens (tertiary/aromatic N) is 2. The van der Waals surface area contributed by atoms with Crippen LogP contribution in [0.2, 0.25) is 5.02 Å². The maximum atomic E-state index is 12.7. The van der Waals surface area contributed by atoms with Crippen molar-refractivity contribution >= 4 is 68.5 Å². The lowest BCUT2D eigenvalue weighted by atomic mass is 10.1. The minimum absolute atomic E-state index is 0.308. The van der Waals surface area contributed by atoms with Crippen LogP contribution in [0.25, 0.3) is 11.3 Å². The van der Waals surface area contributed by atoms with Gasteiger partial charge in [-0.2, -0.15) is 5.10 Å². The van der Waals surface area contributed by atoms with Gasteiger partial charge in [0.15, 0.2) is 16.6 Å². The van der Waals surface area contributed by atoms with Gasteiger partial charge in [0, 0.05) is 32.8 Å². The van der Waals surface area contributed by atoms with Crippen LogP contribution in [-0.2, 0) is 6.61 Å². The van der Waals surface area contributed by atoms with Gasteiger partial charge in [0.2, 0.25) is 0 Å². The van der Waals surface area contributed by atoms with E-state index in [2.05, 4.69) is 43.4 Å². The van der Waals surface area contributed by atoms with Crippen LogP contribution in [-0.4, -0.2) is 24.2 Å². The summed E-state index contributed by atoms with van der Waals surface area (Å²) in [5.41, 5.74) is 7.42. The largest absolute Gasteiger partial charge is 0.493 e. The molecule has 5 aromatic rings. The van der Waals surface area contributed by atoms with E-state index in [0.29, 0.717) is 28.7 Å². The molecule has 1 aromatic heterocycles. The van der Waals surface area contributed by atoms with Crippen molar-refractivity contribution in [3.8, 4) is 22.8 Å². The molecule has 41 heavy (non-hydrogen) atoms. The average molecular weight is 695 g/mol. The Morgan fingerprint density at radius 3 is 2.56 bits per heavy atom. The fourth-order valence-electron chi connectivity index (χ4n) is 3.85. The third-order valence-electron chi connectivity index (χ3n) is 5.93. The molecule has 0 aliphatic carbocycles. The van der Waals surface area contributed by atoms with E-state index in [1.165, 1.54) is 11.3 Å². The number of methoxy groups -OCH3 is 1. The number of amides is 1. The number of rotatable bonds is 10. The summed E-state index contributed by atoms with van der Waals surface area (Å²) in [6, 6.07) is 28.3. The number of nitrogens with one attached hydrogen (secondary N) is 2. The number of para-hydroxylation sites is 1. The molecule has 0 saturated heterocycles. The summed E-state index contributed by atoms with van der Waals surface area (Å²) in [5, 5.41) is 10.9. The van der Waals surface area contributed by atoms with Gasteiger partial charge in [-0.25, -0.2) is 10.4 Å². The highest BCUT2D eigenvalue weighted by atomic mass is 127. The number of hydrogen-bond acceptors (Lipinski definition) is 7. The maximum Gasteiger partial charge on any atom is 0.271 e. The van der Waals surface area contributed by atoms with Gasteiger partial charge in [-0.05, 0) is 70.6 Å². The Hall–Kier alpha value is -3.93. The normalized spacial score (nSPS) is 10.9. The van der Waals surface area contributed by atoms with E-state index in [1.807, 2.05) is 78.2 Å². The van der Waals surface area contributed by atoms with E-state index in [9.17, 15) is 4.79 Å². The van der Waals surface area contributed by atoms with Gasteiger partial charge in [-0.15, -0.1) is 11.3 Å². The molecule has 0 aliphatic rings. The highest BCUT2D eigenvalue weighted by Gasteiger charge is 2.13. The SMILES string of the molecule is COc1cc(/C=N\NC(=O)c2ccc(-c3csc(Nc4ccccc4)n3)cc2)cc(I)c1OCc1ccccc1Cl. The standard InChI is InChI=1S/C31H24ClIN4O3S/c1-39-28-16-20(15-26(33)29(28)40-18-23-7-5-6-10-25(23)32)17-34-37-30(38)22-13-11-21(12-14-22)27-19-41-31(36-27)35-24-8-3-2-4-9-24/h2-17,19H,18H2,1H3,(H,35,36)(H,37,38)/b34-17-. The fraction of sp³-hybridized carbons (Fsp3) is 0.0645. The molecule has 0 unspecified atom stereocenters. The van der Waals surface area contributed by atoms with Gasteiger partial charge in [0.05, 0.1) is 22.6 Å². The lowest BCUT2D eigenvalue weighted by molar-refractivity contribution is 0.0955. The number of hydrogen-bond donors (Lipinski definition) is 2. The van der Waals surface area contributed by atoms with Gasteiger partial charge >= 0.3 is 0 Å². The first kappa shape index (κ1) is 28.6. The average Bonchev–Trinajstić information content (AvgIpc) is 3.46. The van der Waals surface area contributed by atoms with Crippen LogP contribution >= 0.6 is 45.5 Å². The number of ether oxygens (including phenoxy) is 2. The topological polar surface area (TPSA) is 84.8 Å². The minimum atomic E-state index is -0.320. The fourth-order valence-corrected chi connectivity index (χ4v) is 5.56. The van der Waals surface area contributed by atoms with Gasteiger partial charge in [0.25, 0.3) is 5.91 Å². The summed E-state index contributed by atoms with van der Waals surface area (Å²) in [6.07, 6.45) is 1.56. The van der Waals surface area contributed by atoms with Crippen molar-refractivity contribution in [2.45, 2.75) is 6.61 Å².